The molecule has 1 aromatic carbocycles. The van der Waals surface area contributed by atoms with Crippen molar-refractivity contribution in [2.75, 3.05) is 20.0 Å². The molecule has 1 aromatic heterocycles. The van der Waals surface area contributed by atoms with Gasteiger partial charge in [0.25, 0.3) is 0 Å². The Morgan fingerprint density at radius 3 is 2.47 bits per heavy atom. The van der Waals surface area contributed by atoms with Gasteiger partial charge in [-0.05, 0) is 12.5 Å². The van der Waals surface area contributed by atoms with Crippen molar-refractivity contribution in [3.8, 4) is 23.0 Å². The summed E-state index contributed by atoms with van der Waals surface area (Å²) in [5.74, 6) is 2.13. The van der Waals surface area contributed by atoms with Crippen LogP contribution in [0.2, 0.25) is 0 Å². The summed E-state index contributed by atoms with van der Waals surface area (Å²) in [4.78, 5) is 0. The van der Waals surface area contributed by atoms with E-state index in [2.05, 4.69) is 17.1 Å². The molecular weight excluding hydrogens is 246 g/mol. The Hall–Kier alpha value is -2.24. The lowest BCUT2D eigenvalue weighted by atomic mass is 10.1. The van der Waals surface area contributed by atoms with Gasteiger partial charge in [-0.3, -0.25) is 0 Å². The third-order valence-electron chi connectivity index (χ3n) is 2.72. The smallest absolute Gasteiger partial charge is 0.249 e. The molecule has 0 radical (unpaired) electrons. The third kappa shape index (κ3) is 2.62. The Balaban J connectivity index is 2.42. The number of benzene rings is 1. The molecule has 2 aromatic rings. The number of nitrogens with two attached hydrogens (primary N) is 1. The molecular formula is C13H17N3O3. The number of nitrogen functional groups attached to an aromatic ring is 1. The van der Waals surface area contributed by atoms with E-state index in [-0.39, 0.29) is 0 Å². The Bertz CT molecular complexity index is 566. The van der Waals surface area contributed by atoms with Gasteiger partial charge in [0.1, 0.15) is 0 Å². The van der Waals surface area contributed by atoms with Crippen LogP contribution in [0.1, 0.15) is 19.2 Å². The number of methoxy groups -OCH3 is 2. The van der Waals surface area contributed by atoms with Crippen LogP contribution in [0.3, 0.4) is 0 Å². The summed E-state index contributed by atoms with van der Waals surface area (Å²) in [5, 5.41) is 7.98. The lowest BCUT2D eigenvalue weighted by Crippen LogP contribution is -1.96. The fourth-order valence-corrected chi connectivity index (χ4v) is 1.76. The minimum Gasteiger partial charge on any atom is -0.493 e. The van der Waals surface area contributed by atoms with E-state index in [0.717, 1.165) is 12.8 Å². The molecule has 0 unspecified atom stereocenters. The van der Waals surface area contributed by atoms with Crippen LogP contribution in [-0.2, 0) is 6.42 Å². The van der Waals surface area contributed by atoms with Crippen molar-refractivity contribution in [1.29, 1.82) is 0 Å². The average Bonchev–Trinajstić information content (AvgIpc) is 2.87. The fourth-order valence-electron chi connectivity index (χ4n) is 1.76. The SMILES string of the molecule is CCCc1nnc(-c2cc(OC)c(OC)cc2N)o1. The lowest BCUT2D eigenvalue weighted by molar-refractivity contribution is 0.355. The molecule has 0 atom stereocenters. The van der Waals surface area contributed by atoms with Crippen molar-refractivity contribution in [2.45, 2.75) is 19.8 Å². The number of ether oxygens (including phenoxy) is 2. The van der Waals surface area contributed by atoms with Gasteiger partial charge < -0.3 is 19.6 Å². The average molecular weight is 263 g/mol. The van der Waals surface area contributed by atoms with Gasteiger partial charge in [0.15, 0.2) is 11.5 Å². The van der Waals surface area contributed by atoms with Gasteiger partial charge in [-0.2, -0.15) is 0 Å². The van der Waals surface area contributed by atoms with Crippen LogP contribution in [-0.4, -0.2) is 24.4 Å². The van der Waals surface area contributed by atoms with Crippen LogP contribution < -0.4 is 15.2 Å². The summed E-state index contributed by atoms with van der Waals surface area (Å²) >= 11 is 0. The van der Waals surface area contributed by atoms with Gasteiger partial charge in [-0.1, -0.05) is 6.92 Å². The summed E-state index contributed by atoms with van der Waals surface area (Å²) < 4.78 is 16.0. The van der Waals surface area contributed by atoms with Gasteiger partial charge in [-0.15, -0.1) is 10.2 Å². The van der Waals surface area contributed by atoms with Crippen LogP contribution in [0.15, 0.2) is 16.5 Å². The van der Waals surface area contributed by atoms with Crippen molar-refractivity contribution < 1.29 is 13.9 Å². The zero-order valence-corrected chi connectivity index (χ0v) is 11.3. The van der Waals surface area contributed by atoms with Crippen LogP contribution in [0.25, 0.3) is 11.5 Å². The van der Waals surface area contributed by atoms with E-state index in [9.17, 15) is 0 Å². The number of rotatable bonds is 5. The lowest BCUT2D eigenvalue weighted by Gasteiger charge is -2.10. The number of aryl methyl sites for hydroxylation is 1. The Kier molecular flexibility index (Phi) is 3.89. The van der Waals surface area contributed by atoms with Crippen LogP contribution in [0, 0.1) is 0 Å². The highest BCUT2D eigenvalue weighted by Gasteiger charge is 2.15. The molecule has 0 saturated carbocycles. The summed E-state index contributed by atoms with van der Waals surface area (Å²) in [7, 11) is 3.12. The second-order valence-electron chi connectivity index (χ2n) is 4.05. The molecule has 2 rings (SSSR count). The molecule has 6 heteroatoms. The molecule has 6 nitrogen and oxygen atoms in total. The zero-order valence-electron chi connectivity index (χ0n) is 11.3. The van der Waals surface area contributed by atoms with E-state index < -0.39 is 0 Å². The van der Waals surface area contributed by atoms with E-state index >= 15 is 0 Å². The monoisotopic (exact) mass is 263 g/mol. The van der Waals surface area contributed by atoms with Crippen LogP contribution >= 0.6 is 0 Å². The van der Waals surface area contributed by atoms with Crippen LogP contribution in [0.5, 0.6) is 11.5 Å². The molecule has 0 bridgehead atoms. The number of hydrogen-bond donors (Lipinski definition) is 1. The molecule has 0 saturated heterocycles. The molecule has 0 aliphatic heterocycles. The van der Waals surface area contributed by atoms with Crippen molar-refractivity contribution in [2.24, 2.45) is 0 Å². The molecule has 0 amide bonds. The predicted molar refractivity (Wildman–Crippen MR) is 71.2 cm³/mol. The van der Waals surface area contributed by atoms with E-state index in [1.54, 1.807) is 26.4 Å². The van der Waals surface area contributed by atoms with Gasteiger partial charge in [0, 0.05) is 18.2 Å². The van der Waals surface area contributed by atoms with E-state index in [4.69, 9.17) is 19.6 Å². The Labute approximate surface area is 111 Å². The molecule has 102 valence electrons. The number of aromatic nitrogens is 2. The number of anilines is 1. The van der Waals surface area contributed by atoms with E-state index in [1.165, 1.54) is 0 Å². The maximum absolute atomic E-state index is 5.97. The maximum atomic E-state index is 5.97. The first-order valence-corrected chi connectivity index (χ1v) is 6.03. The summed E-state index contributed by atoms with van der Waals surface area (Å²) in [6.07, 6.45) is 1.70. The minimum absolute atomic E-state index is 0.391. The van der Waals surface area contributed by atoms with Gasteiger partial charge in [0.2, 0.25) is 11.8 Å². The fraction of sp³-hybridized carbons (Fsp3) is 0.385. The van der Waals surface area contributed by atoms with Crippen molar-refractivity contribution in [3.05, 3.63) is 18.0 Å². The molecule has 0 aliphatic rings. The number of hydrogen-bond acceptors (Lipinski definition) is 6. The standard InChI is InChI=1S/C13H17N3O3/c1-4-5-12-15-16-13(19-12)8-6-10(17-2)11(18-3)7-9(8)14/h6-7H,4-5,14H2,1-3H3. The van der Waals surface area contributed by atoms with E-state index in [0.29, 0.717) is 34.5 Å². The highest BCUT2D eigenvalue weighted by Crippen LogP contribution is 2.36. The van der Waals surface area contributed by atoms with E-state index in [1.807, 2.05) is 0 Å². The Morgan fingerprint density at radius 1 is 1.16 bits per heavy atom. The second-order valence-corrected chi connectivity index (χ2v) is 4.05. The third-order valence-corrected chi connectivity index (χ3v) is 2.72. The van der Waals surface area contributed by atoms with Crippen LogP contribution in [0.4, 0.5) is 5.69 Å². The minimum atomic E-state index is 0.391. The first-order valence-electron chi connectivity index (χ1n) is 6.03. The summed E-state index contributed by atoms with van der Waals surface area (Å²) in [6, 6.07) is 3.41. The highest BCUT2D eigenvalue weighted by atomic mass is 16.5. The summed E-state index contributed by atoms with van der Waals surface area (Å²) in [6.45, 7) is 2.05. The first kappa shape index (κ1) is 13.2. The molecule has 0 aliphatic carbocycles. The zero-order chi connectivity index (χ0) is 13.8. The molecule has 0 fully saturated rings. The molecule has 2 N–H and O–H groups in total. The molecule has 1 heterocycles. The normalized spacial score (nSPS) is 10.5. The summed E-state index contributed by atoms with van der Waals surface area (Å²) in [5.41, 5.74) is 7.12. The second kappa shape index (κ2) is 5.60. The number of nitrogens with zero attached hydrogens (tertiary/aromatic N) is 2. The van der Waals surface area contributed by atoms with Gasteiger partial charge in [0.05, 0.1) is 19.8 Å². The Morgan fingerprint density at radius 2 is 1.84 bits per heavy atom. The topological polar surface area (TPSA) is 83.4 Å². The molecule has 0 spiro atoms. The first-order chi connectivity index (χ1) is 9.19. The highest BCUT2D eigenvalue weighted by molar-refractivity contribution is 5.74. The largest absolute Gasteiger partial charge is 0.493 e. The maximum Gasteiger partial charge on any atom is 0.249 e. The quantitative estimate of drug-likeness (QED) is 0.833. The van der Waals surface area contributed by atoms with Gasteiger partial charge in [-0.25, -0.2) is 0 Å². The van der Waals surface area contributed by atoms with Crippen molar-refractivity contribution >= 4 is 5.69 Å². The van der Waals surface area contributed by atoms with Crippen molar-refractivity contribution in [3.63, 3.8) is 0 Å². The molecule has 19 heavy (non-hydrogen) atoms. The predicted octanol–water partition coefficient (Wildman–Crippen LogP) is 2.29. The van der Waals surface area contributed by atoms with Crippen molar-refractivity contribution in [1.82, 2.24) is 10.2 Å². The van der Waals surface area contributed by atoms with Gasteiger partial charge >= 0.3 is 0 Å².